The molecule has 2 atom stereocenters. The van der Waals surface area contributed by atoms with Gasteiger partial charge in [0.15, 0.2) is 0 Å². The van der Waals surface area contributed by atoms with Crippen LogP contribution in [0, 0.1) is 11.8 Å². The van der Waals surface area contributed by atoms with Gasteiger partial charge in [0.05, 0.1) is 18.6 Å². The summed E-state index contributed by atoms with van der Waals surface area (Å²) in [5.74, 6) is 0.697. The van der Waals surface area contributed by atoms with Gasteiger partial charge in [0, 0.05) is 19.7 Å². The number of amides is 1. The van der Waals surface area contributed by atoms with E-state index in [2.05, 4.69) is 0 Å². The van der Waals surface area contributed by atoms with E-state index >= 15 is 0 Å². The predicted molar refractivity (Wildman–Crippen MR) is 64.5 cm³/mol. The zero-order valence-electron chi connectivity index (χ0n) is 10.6. The Labute approximate surface area is 103 Å². The maximum Gasteiger partial charge on any atom is 0.228 e. The van der Waals surface area contributed by atoms with E-state index in [0.29, 0.717) is 12.5 Å². The number of rotatable bonds is 2. The molecule has 2 heterocycles. The summed E-state index contributed by atoms with van der Waals surface area (Å²) < 4.78 is 5.37. The van der Waals surface area contributed by atoms with Crippen LogP contribution in [-0.2, 0) is 9.53 Å². The molecule has 0 spiro atoms. The number of aliphatic hydroxyl groups excluding tert-OH is 1. The Balaban J connectivity index is 1.81. The molecule has 0 aromatic carbocycles. The predicted octanol–water partition coefficient (Wildman–Crippen LogP) is 1.03. The van der Waals surface area contributed by atoms with Crippen LogP contribution in [0.25, 0.3) is 0 Å². The molecule has 4 heteroatoms. The fourth-order valence-electron chi connectivity index (χ4n) is 2.80. The van der Waals surface area contributed by atoms with Crippen molar-refractivity contribution < 1.29 is 14.6 Å². The van der Waals surface area contributed by atoms with Crippen molar-refractivity contribution in [1.29, 1.82) is 0 Å². The van der Waals surface area contributed by atoms with E-state index in [1.54, 1.807) is 0 Å². The van der Waals surface area contributed by atoms with E-state index in [1.807, 2.05) is 11.8 Å². The Morgan fingerprint density at radius 3 is 2.59 bits per heavy atom. The van der Waals surface area contributed by atoms with Gasteiger partial charge < -0.3 is 14.7 Å². The number of likely N-dealkylation sites (tertiary alicyclic amines) is 1. The molecule has 2 aliphatic rings. The van der Waals surface area contributed by atoms with Crippen molar-refractivity contribution in [3.8, 4) is 0 Å². The largest absolute Gasteiger partial charge is 0.393 e. The topological polar surface area (TPSA) is 49.8 Å². The van der Waals surface area contributed by atoms with Gasteiger partial charge in [0.25, 0.3) is 0 Å². The van der Waals surface area contributed by atoms with E-state index < -0.39 is 0 Å². The van der Waals surface area contributed by atoms with Crippen molar-refractivity contribution in [2.45, 2.75) is 38.7 Å². The molecule has 2 rings (SSSR count). The SMILES string of the molecule is CC(O)C1CCN(C(=O)C2CCCOC2)CC1. The van der Waals surface area contributed by atoms with Crippen molar-refractivity contribution in [2.24, 2.45) is 11.8 Å². The van der Waals surface area contributed by atoms with Gasteiger partial charge in [-0.2, -0.15) is 0 Å². The number of ether oxygens (including phenoxy) is 1. The lowest BCUT2D eigenvalue weighted by Crippen LogP contribution is -2.45. The zero-order chi connectivity index (χ0) is 12.3. The van der Waals surface area contributed by atoms with E-state index in [4.69, 9.17) is 4.74 Å². The minimum Gasteiger partial charge on any atom is -0.393 e. The van der Waals surface area contributed by atoms with E-state index in [9.17, 15) is 9.90 Å². The monoisotopic (exact) mass is 241 g/mol. The van der Waals surface area contributed by atoms with Gasteiger partial charge in [-0.25, -0.2) is 0 Å². The highest BCUT2D eigenvalue weighted by atomic mass is 16.5. The lowest BCUT2D eigenvalue weighted by Gasteiger charge is -2.36. The number of piperidine rings is 1. The second-order valence-electron chi connectivity index (χ2n) is 5.32. The van der Waals surface area contributed by atoms with Crippen molar-refractivity contribution in [1.82, 2.24) is 4.90 Å². The molecule has 2 unspecified atom stereocenters. The fraction of sp³-hybridized carbons (Fsp3) is 0.923. The van der Waals surface area contributed by atoms with Crippen LogP contribution in [0.3, 0.4) is 0 Å². The first kappa shape index (κ1) is 12.8. The average molecular weight is 241 g/mol. The molecule has 0 radical (unpaired) electrons. The van der Waals surface area contributed by atoms with Crippen molar-refractivity contribution in [3.05, 3.63) is 0 Å². The van der Waals surface area contributed by atoms with Crippen LogP contribution in [0.2, 0.25) is 0 Å². The molecule has 17 heavy (non-hydrogen) atoms. The molecule has 0 aliphatic carbocycles. The molecular weight excluding hydrogens is 218 g/mol. The molecule has 0 aromatic heterocycles. The Morgan fingerprint density at radius 2 is 2.06 bits per heavy atom. The normalized spacial score (nSPS) is 29.1. The summed E-state index contributed by atoms with van der Waals surface area (Å²) in [4.78, 5) is 14.2. The first-order valence-electron chi connectivity index (χ1n) is 6.73. The zero-order valence-corrected chi connectivity index (χ0v) is 10.6. The minimum atomic E-state index is -0.245. The van der Waals surface area contributed by atoms with E-state index in [0.717, 1.165) is 45.4 Å². The molecule has 1 amide bonds. The van der Waals surface area contributed by atoms with Crippen LogP contribution in [0.1, 0.15) is 32.6 Å². The molecule has 2 fully saturated rings. The highest BCUT2D eigenvalue weighted by Gasteiger charge is 2.30. The number of hydrogen-bond donors (Lipinski definition) is 1. The van der Waals surface area contributed by atoms with Gasteiger partial charge in [-0.15, -0.1) is 0 Å². The number of carbonyl (C=O) groups excluding carboxylic acids is 1. The highest BCUT2D eigenvalue weighted by molar-refractivity contribution is 5.79. The minimum absolute atomic E-state index is 0.0758. The summed E-state index contributed by atoms with van der Waals surface area (Å²) in [6, 6.07) is 0. The summed E-state index contributed by atoms with van der Waals surface area (Å²) in [5, 5.41) is 9.53. The molecule has 4 nitrogen and oxygen atoms in total. The quantitative estimate of drug-likeness (QED) is 0.785. The van der Waals surface area contributed by atoms with Gasteiger partial charge in [0.1, 0.15) is 0 Å². The summed E-state index contributed by atoms with van der Waals surface area (Å²) in [5.41, 5.74) is 0. The standard InChI is InChI=1S/C13H23NO3/c1-10(15)11-4-6-14(7-5-11)13(16)12-3-2-8-17-9-12/h10-12,15H,2-9H2,1H3. The molecule has 0 saturated carbocycles. The first-order valence-corrected chi connectivity index (χ1v) is 6.73. The number of hydrogen-bond acceptors (Lipinski definition) is 3. The molecule has 2 saturated heterocycles. The smallest absolute Gasteiger partial charge is 0.228 e. The van der Waals surface area contributed by atoms with Gasteiger partial charge in [-0.05, 0) is 38.5 Å². The van der Waals surface area contributed by atoms with Crippen molar-refractivity contribution >= 4 is 5.91 Å². The van der Waals surface area contributed by atoms with Gasteiger partial charge in [-0.1, -0.05) is 0 Å². The summed E-state index contributed by atoms with van der Waals surface area (Å²) >= 11 is 0. The Hall–Kier alpha value is -0.610. The average Bonchev–Trinajstić information content (AvgIpc) is 2.39. The summed E-state index contributed by atoms with van der Waals surface area (Å²) in [7, 11) is 0. The maximum absolute atomic E-state index is 12.2. The molecule has 2 aliphatic heterocycles. The molecular formula is C13H23NO3. The maximum atomic E-state index is 12.2. The van der Waals surface area contributed by atoms with Crippen LogP contribution in [0.5, 0.6) is 0 Å². The number of carbonyl (C=O) groups is 1. The van der Waals surface area contributed by atoms with Gasteiger partial charge in [-0.3, -0.25) is 4.79 Å². The van der Waals surface area contributed by atoms with Crippen LogP contribution < -0.4 is 0 Å². The molecule has 0 aromatic rings. The third-order valence-corrected chi connectivity index (χ3v) is 4.04. The van der Waals surface area contributed by atoms with Gasteiger partial charge in [0.2, 0.25) is 5.91 Å². The fourth-order valence-corrected chi connectivity index (χ4v) is 2.80. The lowest BCUT2D eigenvalue weighted by molar-refractivity contribution is -0.141. The lowest BCUT2D eigenvalue weighted by atomic mass is 9.91. The second kappa shape index (κ2) is 5.83. The Morgan fingerprint density at radius 1 is 1.35 bits per heavy atom. The first-order chi connectivity index (χ1) is 8.18. The van der Waals surface area contributed by atoms with E-state index in [-0.39, 0.29) is 17.9 Å². The Kier molecular flexibility index (Phi) is 4.40. The Bertz CT molecular complexity index is 253. The van der Waals surface area contributed by atoms with Crippen LogP contribution in [0.15, 0.2) is 0 Å². The van der Waals surface area contributed by atoms with E-state index in [1.165, 1.54) is 0 Å². The third kappa shape index (κ3) is 3.19. The second-order valence-corrected chi connectivity index (χ2v) is 5.32. The third-order valence-electron chi connectivity index (χ3n) is 4.04. The van der Waals surface area contributed by atoms with Crippen LogP contribution >= 0.6 is 0 Å². The van der Waals surface area contributed by atoms with Gasteiger partial charge >= 0.3 is 0 Å². The highest BCUT2D eigenvalue weighted by Crippen LogP contribution is 2.23. The summed E-state index contributed by atoms with van der Waals surface area (Å²) in [6.07, 6.45) is 3.58. The van der Waals surface area contributed by atoms with Crippen molar-refractivity contribution in [3.63, 3.8) is 0 Å². The number of nitrogens with zero attached hydrogens (tertiary/aromatic N) is 1. The molecule has 0 bridgehead atoms. The van der Waals surface area contributed by atoms with Crippen LogP contribution in [0.4, 0.5) is 0 Å². The van der Waals surface area contributed by atoms with Crippen molar-refractivity contribution in [2.75, 3.05) is 26.3 Å². The number of aliphatic hydroxyl groups is 1. The molecule has 1 N–H and O–H groups in total. The van der Waals surface area contributed by atoms with Crippen LogP contribution in [-0.4, -0.2) is 48.3 Å². The summed E-state index contributed by atoms with van der Waals surface area (Å²) in [6.45, 7) is 4.83. The molecule has 98 valence electrons.